The minimum atomic E-state index is -0.356. The Labute approximate surface area is 155 Å². The number of halogens is 1. The molecule has 0 saturated carbocycles. The zero-order valence-electron chi connectivity index (χ0n) is 14.9. The molecule has 26 heavy (non-hydrogen) atoms. The van der Waals surface area contributed by atoms with Crippen molar-refractivity contribution in [2.45, 2.75) is 32.5 Å². The summed E-state index contributed by atoms with van der Waals surface area (Å²) in [5.41, 5.74) is 1.38. The van der Waals surface area contributed by atoms with Gasteiger partial charge in [0, 0.05) is 12.1 Å². The number of aromatic nitrogens is 3. The van der Waals surface area contributed by atoms with E-state index in [1.165, 1.54) is 36.0 Å². The van der Waals surface area contributed by atoms with Gasteiger partial charge in [0.05, 0.1) is 17.6 Å². The maximum absolute atomic E-state index is 13.0. The predicted molar refractivity (Wildman–Crippen MR) is 98.8 cm³/mol. The minimum absolute atomic E-state index is 0.0739. The minimum Gasteiger partial charge on any atom is -0.469 e. The summed E-state index contributed by atoms with van der Waals surface area (Å²) in [7, 11) is 0. The van der Waals surface area contributed by atoms with Crippen molar-refractivity contribution >= 4 is 17.5 Å². The van der Waals surface area contributed by atoms with E-state index in [1.54, 1.807) is 6.26 Å². The van der Waals surface area contributed by atoms with Crippen molar-refractivity contribution in [3.05, 3.63) is 53.7 Å². The van der Waals surface area contributed by atoms with Crippen LogP contribution in [0.3, 0.4) is 0 Å². The van der Waals surface area contributed by atoms with E-state index in [-0.39, 0.29) is 17.4 Å². The lowest BCUT2D eigenvalue weighted by atomic mass is 10.1. The average Bonchev–Trinajstić information content (AvgIpc) is 3.19. The van der Waals surface area contributed by atoms with Crippen molar-refractivity contribution in [1.82, 2.24) is 14.8 Å². The lowest BCUT2D eigenvalue weighted by Gasteiger charge is -2.12. The van der Waals surface area contributed by atoms with E-state index in [9.17, 15) is 9.18 Å². The van der Waals surface area contributed by atoms with Crippen molar-refractivity contribution in [3.63, 3.8) is 0 Å². The first-order chi connectivity index (χ1) is 12.5. The topological polar surface area (TPSA) is 60.9 Å². The summed E-state index contributed by atoms with van der Waals surface area (Å²) in [6, 6.07) is 7.45. The van der Waals surface area contributed by atoms with Crippen molar-refractivity contribution in [1.29, 1.82) is 0 Å². The SMILES string of the molecule is Cc1occc1-c1nnc(SCC(=O)c2ccc(F)cc2)n1CC(C)C. The third-order valence-electron chi connectivity index (χ3n) is 3.86. The van der Waals surface area contributed by atoms with Crippen LogP contribution < -0.4 is 0 Å². The number of thioether (sulfide) groups is 1. The van der Waals surface area contributed by atoms with Crippen molar-refractivity contribution < 1.29 is 13.6 Å². The molecule has 0 saturated heterocycles. The number of hydrogen-bond acceptors (Lipinski definition) is 5. The molecule has 0 bridgehead atoms. The monoisotopic (exact) mass is 373 g/mol. The highest BCUT2D eigenvalue weighted by molar-refractivity contribution is 7.99. The molecule has 2 heterocycles. The molecular weight excluding hydrogens is 353 g/mol. The molecule has 0 amide bonds. The normalized spacial score (nSPS) is 11.3. The molecule has 0 spiro atoms. The fourth-order valence-corrected chi connectivity index (χ4v) is 3.43. The zero-order valence-corrected chi connectivity index (χ0v) is 15.7. The van der Waals surface area contributed by atoms with Gasteiger partial charge in [0.25, 0.3) is 0 Å². The highest BCUT2D eigenvalue weighted by Gasteiger charge is 2.19. The van der Waals surface area contributed by atoms with E-state index in [1.807, 2.05) is 17.6 Å². The molecule has 0 N–H and O–H groups in total. The second kappa shape index (κ2) is 7.86. The molecule has 3 rings (SSSR count). The summed E-state index contributed by atoms with van der Waals surface area (Å²) in [6.07, 6.45) is 1.63. The van der Waals surface area contributed by atoms with Crippen LogP contribution in [0.15, 0.2) is 46.2 Å². The summed E-state index contributed by atoms with van der Waals surface area (Å²) in [5.74, 6) is 1.69. The van der Waals surface area contributed by atoms with E-state index in [0.717, 1.165) is 23.7 Å². The Balaban J connectivity index is 1.81. The molecule has 0 fully saturated rings. The van der Waals surface area contributed by atoms with Crippen LogP contribution in [0.5, 0.6) is 0 Å². The molecule has 0 aliphatic carbocycles. The van der Waals surface area contributed by atoms with Crippen LogP contribution in [0.2, 0.25) is 0 Å². The summed E-state index contributed by atoms with van der Waals surface area (Å²) >= 11 is 1.34. The first kappa shape index (κ1) is 18.4. The molecule has 0 aliphatic heterocycles. The second-order valence-electron chi connectivity index (χ2n) is 6.42. The number of aryl methyl sites for hydroxylation is 1. The Morgan fingerprint density at radius 1 is 1.23 bits per heavy atom. The lowest BCUT2D eigenvalue weighted by molar-refractivity contribution is 0.102. The highest BCUT2D eigenvalue weighted by Crippen LogP contribution is 2.28. The molecule has 2 aromatic heterocycles. The van der Waals surface area contributed by atoms with Gasteiger partial charge in [0.15, 0.2) is 16.8 Å². The maximum Gasteiger partial charge on any atom is 0.191 e. The van der Waals surface area contributed by atoms with Crippen LogP contribution in [-0.4, -0.2) is 26.3 Å². The third kappa shape index (κ3) is 4.04. The molecule has 1 aromatic carbocycles. The molecule has 136 valence electrons. The number of hydrogen-bond donors (Lipinski definition) is 0. The Morgan fingerprint density at radius 3 is 2.58 bits per heavy atom. The van der Waals surface area contributed by atoms with Gasteiger partial charge in [-0.15, -0.1) is 10.2 Å². The summed E-state index contributed by atoms with van der Waals surface area (Å²) in [4.78, 5) is 12.3. The van der Waals surface area contributed by atoms with E-state index in [0.29, 0.717) is 16.6 Å². The maximum atomic E-state index is 13.0. The first-order valence-corrected chi connectivity index (χ1v) is 9.33. The molecular formula is C19H20FN3O2S. The van der Waals surface area contributed by atoms with Gasteiger partial charge in [0.2, 0.25) is 0 Å². The van der Waals surface area contributed by atoms with E-state index in [2.05, 4.69) is 24.0 Å². The third-order valence-corrected chi connectivity index (χ3v) is 4.83. The van der Waals surface area contributed by atoms with E-state index in [4.69, 9.17) is 4.42 Å². The average molecular weight is 373 g/mol. The second-order valence-corrected chi connectivity index (χ2v) is 7.36. The first-order valence-electron chi connectivity index (χ1n) is 8.35. The fraction of sp³-hybridized carbons (Fsp3) is 0.316. The molecule has 0 atom stereocenters. The van der Waals surface area contributed by atoms with Crippen LogP contribution in [0, 0.1) is 18.7 Å². The van der Waals surface area contributed by atoms with Gasteiger partial charge in [0.1, 0.15) is 11.6 Å². The van der Waals surface area contributed by atoms with Gasteiger partial charge in [-0.25, -0.2) is 4.39 Å². The van der Waals surface area contributed by atoms with Gasteiger partial charge in [-0.3, -0.25) is 4.79 Å². The van der Waals surface area contributed by atoms with Gasteiger partial charge in [-0.2, -0.15) is 0 Å². The molecule has 3 aromatic rings. The van der Waals surface area contributed by atoms with Crippen LogP contribution >= 0.6 is 11.8 Å². The zero-order chi connectivity index (χ0) is 18.7. The van der Waals surface area contributed by atoms with Gasteiger partial charge < -0.3 is 8.98 Å². The molecule has 5 nitrogen and oxygen atoms in total. The number of nitrogens with zero attached hydrogens (tertiary/aromatic N) is 3. The van der Waals surface area contributed by atoms with Gasteiger partial charge >= 0.3 is 0 Å². The van der Waals surface area contributed by atoms with Crippen LogP contribution in [0.25, 0.3) is 11.4 Å². The largest absolute Gasteiger partial charge is 0.469 e. The summed E-state index contributed by atoms with van der Waals surface area (Å²) in [5, 5.41) is 9.26. The fourth-order valence-electron chi connectivity index (χ4n) is 2.59. The number of Topliss-reactive ketones (excluding diaryl/α,β-unsaturated/α-hetero) is 1. The van der Waals surface area contributed by atoms with E-state index < -0.39 is 0 Å². The molecule has 0 radical (unpaired) electrons. The quantitative estimate of drug-likeness (QED) is 0.447. The molecule has 0 unspecified atom stereocenters. The van der Waals surface area contributed by atoms with Crippen LogP contribution in [-0.2, 0) is 6.54 Å². The predicted octanol–water partition coefficient (Wildman–Crippen LogP) is 4.62. The standard InChI is InChI=1S/C19H20FN3O2S/c1-12(2)10-23-18(16-8-9-25-13(16)3)21-22-19(23)26-11-17(24)14-4-6-15(20)7-5-14/h4-9,12H,10-11H2,1-3H3. The Hall–Kier alpha value is -2.41. The Bertz CT molecular complexity index is 900. The van der Waals surface area contributed by atoms with Gasteiger partial charge in [-0.1, -0.05) is 25.6 Å². The highest BCUT2D eigenvalue weighted by atomic mass is 32.2. The van der Waals surface area contributed by atoms with E-state index >= 15 is 0 Å². The number of furan rings is 1. The number of carbonyl (C=O) groups excluding carboxylic acids is 1. The van der Waals surface area contributed by atoms with Crippen LogP contribution in [0.1, 0.15) is 30.0 Å². The molecule has 7 heteroatoms. The summed E-state index contributed by atoms with van der Waals surface area (Å²) in [6.45, 7) is 6.85. The number of carbonyl (C=O) groups is 1. The lowest BCUT2D eigenvalue weighted by Crippen LogP contribution is -2.09. The van der Waals surface area contributed by atoms with Crippen LogP contribution in [0.4, 0.5) is 4.39 Å². The van der Waals surface area contributed by atoms with Gasteiger partial charge in [-0.05, 0) is 43.2 Å². The summed E-state index contributed by atoms with van der Waals surface area (Å²) < 4.78 is 20.4. The smallest absolute Gasteiger partial charge is 0.191 e. The Morgan fingerprint density at radius 2 is 1.96 bits per heavy atom. The van der Waals surface area contributed by atoms with Crippen molar-refractivity contribution in [2.24, 2.45) is 5.92 Å². The van der Waals surface area contributed by atoms with Crippen molar-refractivity contribution in [2.75, 3.05) is 5.75 Å². The Kier molecular flexibility index (Phi) is 5.56. The number of benzene rings is 1. The van der Waals surface area contributed by atoms with Crippen molar-refractivity contribution in [3.8, 4) is 11.4 Å². The number of rotatable bonds is 7. The molecule has 0 aliphatic rings. The number of ketones is 1.